The zero-order valence-corrected chi connectivity index (χ0v) is 43.8. The van der Waals surface area contributed by atoms with E-state index in [4.69, 9.17) is 34.2 Å². The SMILES string of the molecule is N#Cc1ccc(-c2ccc(OCCCCCCOc3ccc(SC(COc4ccc(Sc5ccccn5)cc4)Sc4ccc(OCCCCCCOc5ccc(-c6ccc(C#N)cc6)cc5)cc4)cc3)cc2)cc1. The first-order chi connectivity index (χ1) is 36.5. The molecule has 1 heterocycles. The monoisotopic (exact) mass is 1030 g/mol. The fourth-order valence-electron chi connectivity index (χ4n) is 7.76. The van der Waals surface area contributed by atoms with Crippen LogP contribution in [-0.4, -0.2) is 42.6 Å². The number of nitriles is 2. The highest BCUT2D eigenvalue weighted by atomic mass is 32.2. The second-order valence-corrected chi connectivity index (χ2v) is 21.3. The van der Waals surface area contributed by atoms with Crippen molar-refractivity contribution in [3.05, 3.63) is 205 Å². The lowest BCUT2D eigenvalue weighted by Gasteiger charge is -2.18. The lowest BCUT2D eigenvalue weighted by Crippen LogP contribution is -2.11. The van der Waals surface area contributed by atoms with E-state index >= 15 is 0 Å². The number of hydrogen-bond donors (Lipinski definition) is 0. The molecule has 8 rings (SSSR count). The molecule has 0 aliphatic heterocycles. The molecular weight excluding hydrogens is 975 g/mol. The molecule has 0 aliphatic rings. The highest BCUT2D eigenvalue weighted by molar-refractivity contribution is 8.17. The van der Waals surface area contributed by atoms with Crippen LogP contribution in [0.2, 0.25) is 0 Å². The van der Waals surface area contributed by atoms with Crippen LogP contribution in [0.1, 0.15) is 62.5 Å². The Balaban J connectivity index is 0.736. The largest absolute Gasteiger partial charge is 0.494 e. The molecular formula is C63H59N3O5S3. The van der Waals surface area contributed by atoms with Crippen LogP contribution in [0.25, 0.3) is 22.3 Å². The Morgan fingerprint density at radius 2 is 0.703 bits per heavy atom. The molecule has 0 bridgehead atoms. The fourth-order valence-corrected chi connectivity index (χ4v) is 10.9. The van der Waals surface area contributed by atoms with Gasteiger partial charge in [0.1, 0.15) is 40.4 Å². The van der Waals surface area contributed by atoms with E-state index in [0.29, 0.717) is 44.2 Å². The molecule has 0 spiro atoms. The Morgan fingerprint density at radius 1 is 0.365 bits per heavy atom. The molecule has 11 heteroatoms. The lowest BCUT2D eigenvalue weighted by molar-refractivity contribution is 0.287. The van der Waals surface area contributed by atoms with Gasteiger partial charge in [-0.15, -0.1) is 23.5 Å². The van der Waals surface area contributed by atoms with Gasteiger partial charge in [-0.25, -0.2) is 4.98 Å². The molecule has 0 aliphatic carbocycles. The van der Waals surface area contributed by atoms with E-state index in [1.165, 1.54) is 0 Å². The van der Waals surface area contributed by atoms with Crippen LogP contribution in [0.15, 0.2) is 214 Å². The molecule has 0 N–H and O–H groups in total. The predicted molar refractivity (Wildman–Crippen MR) is 301 cm³/mol. The predicted octanol–water partition coefficient (Wildman–Crippen LogP) is 16.6. The van der Waals surface area contributed by atoms with E-state index in [0.717, 1.165) is 122 Å². The summed E-state index contributed by atoms with van der Waals surface area (Å²) in [6.45, 7) is 3.21. The van der Waals surface area contributed by atoms with Gasteiger partial charge in [0.05, 0.1) is 54.3 Å². The minimum absolute atomic E-state index is 0.0746. The summed E-state index contributed by atoms with van der Waals surface area (Å²) >= 11 is 5.20. The number of pyridine rings is 1. The van der Waals surface area contributed by atoms with Crippen LogP contribution in [-0.2, 0) is 0 Å². The molecule has 8 aromatic rings. The van der Waals surface area contributed by atoms with Gasteiger partial charge >= 0.3 is 0 Å². The van der Waals surface area contributed by atoms with Crippen molar-refractivity contribution in [2.45, 2.75) is 75.7 Å². The Bertz CT molecular complexity index is 2800. The zero-order valence-electron chi connectivity index (χ0n) is 41.4. The Hall–Kier alpha value is -7.28. The van der Waals surface area contributed by atoms with Gasteiger partial charge in [0.15, 0.2) is 0 Å². The van der Waals surface area contributed by atoms with Gasteiger partial charge in [-0.05, 0) is 207 Å². The van der Waals surface area contributed by atoms with Crippen molar-refractivity contribution in [1.82, 2.24) is 4.98 Å². The van der Waals surface area contributed by atoms with Crippen LogP contribution in [0.4, 0.5) is 0 Å². The van der Waals surface area contributed by atoms with Gasteiger partial charge in [0.2, 0.25) is 0 Å². The number of thioether (sulfide) groups is 2. The summed E-state index contributed by atoms with van der Waals surface area (Å²) in [7, 11) is 0. The van der Waals surface area contributed by atoms with Crippen molar-refractivity contribution < 1.29 is 23.7 Å². The second kappa shape index (κ2) is 29.4. The van der Waals surface area contributed by atoms with E-state index in [2.05, 4.69) is 102 Å². The molecule has 0 saturated carbocycles. The van der Waals surface area contributed by atoms with Crippen LogP contribution in [0.5, 0.6) is 28.7 Å². The molecule has 374 valence electrons. The van der Waals surface area contributed by atoms with Gasteiger partial charge in [-0.1, -0.05) is 66.4 Å². The molecule has 0 unspecified atom stereocenters. The average molecular weight is 1030 g/mol. The average Bonchev–Trinajstić information content (AvgIpc) is 3.45. The molecule has 8 nitrogen and oxygen atoms in total. The van der Waals surface area contributed by atoms with Crippen molar-refractivity contribution in [3.63, 3.8) is 0 Å². The van der Waals surface area contributed by atoms with Crippen molar-refractivity contribution in [2.24, 2.45) is 0 Å². The number of benzene rings is 7. The smallest absolute Gasteiger partial charge is 0.119 e. The minimum atomic E-state index is 0.0746. The number of nitrogens with zero attached hydrogens (tertiary/aromatic N) is 3. The topological polar surface area (TPSA) is 107 Å². The normalized spacial score (nSPS) is 10.9. The first kappa shape index (κ1) is 53.0. The Morgan fingerprint density at radius 3 is 1.05 bits per heavy atom. The first-order valence-electron chi connectivity index (χ1n) is 25.1. The van der Waals surface area contributed by atoms with Gasteiger partial charge in [0, 0.05) is 20.9 Å². The van der Waals surface area contributed by atoms with E-state index < -0.39 is 0 Å². The van der Waals surface area contributed by atoms with E-state index in [1.54, 1.807) is 35.3 Å². The standard InChI is InChI=1S/C63H59N3O5S3/c64-45-48-12-16-50(17-13-48)52-20-24-54(25-21-52)67-41-7-1-3-9-43-69-56-28-36-60(37-29-56)73-63(47-71-58-32-34-59(35-33-58)72-62-11-5-6-40-66-62)74-61-38-30-57(31-39-61)70-44-10-4-2-8-42-68-55-26-22-53(23-27-55)51-18-14-49(46-65)15-19-51/h5-6,11-40,63H,1-4,7-10,41-44,47H2. The summed E-state index contributed by atoms with van der Waals surface area (Å²) in [6, 6.07) is 66.7. The lowest BCUT2D eigenvalue weighted by atomic mass is 10.0. The van der Waals surface area contributed by atoms with Crippen molar-refractivity contribution in [1.29, 1.82) is 10.5 Å². The van der Waals surface area contributed by atoms with Crippen LogP contribution in [0.3, 0.4) is 0 Å². The summed E-state index contributed by atoms with van der Waals surface area (Å²) < 4.78 is 30.8. The Labute approximate surface area is 449 Å². The van der Waals surface area contributed by atoms with Crippen LogP contribution in [0, 0.1) is 22.7 Å². The Kier molecular flexibility index (Phi) is 21.1. The minimum Gasteiger partial charge on any atom is -0.494 e. The van der Waals surface area contributed by atoms with Crippen molar-refractivity contribution in [2.75, 3.05) is 33.0 Å². The summed E-state index contributed by atoms with van der Waals surface area (Å²) in [5, 5.41) is 19.1. The highest BCUT2D eigenvalue weighted by Crippen LogP contribution is 2.38. The van der Waals surface area contributed by atoms with E-state index in [-0.39, 0.29) is 4.58 Å². The third kappa shape index (κ3) is 17.7. The molecule has 74 heavy (non-hydrogen) atoms. The molecule has 0 amide bonds. The summed E-state index contributed by atoms with van der Waals surface area (Å²) in [5.74, 6) is 4.30. The van der Waals surface area contributed by atoms with Gasteiger partial charge in [-0.3, -0.25) is 0 Å². The number of aromatic nitrogens is 1. The zero-order chi connectivity index (χ0) is 50.8. The fraction of sp³-hybridized carbons (Fsp3) is 0.222. The van der Waals surface area contributed by atoms with Crippen molar-refractivity contribution in [3.8, 4) is 63.1 Å². The molecule has 0 radical (unpaired) electrons. The van der Waals surface area contributed by atoms with Crippen LogP contribution < -0.4 is 23.7 Å². The van der Waals surface area contributed by atoms with Gasteiger partial charge in [0.25, 0.3) is 0 Å². The second-order valence-electron chi connectivity index (χ2n) is 17.3. The summed E-state index contributed by atoms with van der Waals surface area (Å²) in [6.07, 6.45) is 10.1. The van der Waals surface area contributed by atoms with Gasteiger partial charge in [-0.2, -0.15) is 10.5 Å². The van der Waals surface area contributed by atoms with Crippen LogP contribution >= 0.6 is 35.3 Å². The maximum Gasteiger partial charge on any atom is 0.119 e. The third-order valence-corrected chi connectivity index (χ3v) is 15.2. The quantitative estimate of drug-likeness (QED) is 0.0254. The maximum absolute atomic E-state index is 9.06. The number of ether oxygens (including phenoxy) is 5. The maximum atomic E-state index is 9.06. The summed E-state index contributed by atoms with van der Waals surface area (Å²) in [5.41, 5.74) is 5.68. The van der Waals surface area contributed by atoms with E-state index in [9.17, 15) is 0 Å². The summed E-state index contributed by atoms with van der Waals surface area (Å²) in [4.78, 5) is 7.84. The molecule has 7 aromatic carbocycles. The first-order valence-corrected chi connectivity index (χ1v) is 27.7. The molecule has 0 fully saturated rings. The van der Waals surface area contributed by atoms with Crippen molar-refractivity contribution >= 4 is 35.3 Å². The number of unbranched alkanes of at least 4 members (excludes halogenated alkanes) is 6. The molecule has 0 atom stereocenters. The number of hydrogen-bond acceptors (Lipinski definition) is 11. The molecule has 0 saturated heterocycles. The molecule has 1 aromatic heterocycles. The van der Waals surface area contributed by atoms with Gasteiger partial charge < -0.3 is 23.7 Å². The van der Waals surface area contributed by atoms with E-state index in [1.807, 2.05) is 109 Å². The highest BCUT2D eigenvalue weighted by Gasteiger charge is 2.15. The third-order valence-electron chi connectivity index (χ3n) is 11.8. The number of rotatable bonds is 29.